The third-order valence-electron chi connectivity index (χ3n) is 3.26. The minimum absolute atomic E-state index is 0.0753. The van der Waals surface area contributed by atoms with E-state index >= 15 is 0 Å². The summed E-state index contributed by atoms with van der Waals surface area (Å²) in [5, 5.41) is 3.79. The van der Waals surface area contributed by atoms with Gasteiger partial charge < -0.3 is 10.1 Å². The van der Waals surface area contributed by atoms with Crippen molar-refractivity contribution in [3.63, 3.8) is 0 Å². The van der Waals surface area contributed by atoms with Crippen LogP contribution in [0, 0.1) is 5.82 Å². The van der Waals surface area contributed by atoms with Crippen LogP contribution in [0.15, 0.2) is 18.2 Å². The van der Waals surface area contributed by atoms with Gasteiger partial charge in [0.1, 0.15) is 0 Å². The number of methoxy groups -OCH3 is 1. The van der Waals surface area contributed by atoms with Gasteiger partial charge >= 0.3 is 0 Å². The van der Waals surface area contributed by atoms with Crippen LogP contribution in [-0.2, 0) is 0 Å². The molecular weight excluding hydrogens is 313 g/mol. The number of amides is 1. The number of ether oxygens (including phenoxy) is 1. The van der Waals surface area contributed by atoms with Gasteiger partial charge in [-0.05, 0) is 38.0 Å². The lowest BCUT2D eigenvalue weighted by molar-refractivity contribution is 0.0901. The fraction of sp³-hybridized carbons (Fsp3) is 0.500. The average Bonchev–Trinajstić information content (AvgIpc) is 2.39. The summed E-state index contributed by atoms with van der Waals surface area (Å²) in [4.78, 5) is 12.2. The largest absolute Gasteiger partial charge is 0.494 e. The summed E-state index contributed by atoms with van der Waals surface area (Å²) in [7, 11) is 1.38. The highest BCUT2D eigenvalue weighted by Crippen LogP contribution is 2.20. The molecule has 106 valence electrons. The SMILES string of the molecule is CCC(C)(CCBr)NC(=O)c1ccc(F)c(OC)c1. The number of hydrogen-bond donors (Lipinski definition) is 1. The van der Waals surface area contributed by atoms with Gasteiger partial charge in [0.2, 0.25) is 0 Å². The maximum Gasteiger partial charge on any atom is 0.251 e. The molecule has 3 nitrogen and oxygen atoms in total. The van der Waals surface area contributed by atoms with Gasteiger partial charge in [0, 0.05) is 16.4 Å². The molecule has 0 saturated heterocycles. The van der Waals surface area contributed by atoms with Gasteiger partial charge in [-0.15, -0.1) is 0 Å². The fourth-order valence-electron chi connectivity index (χ4n) is 1.68. The maximum atomic E-state index is 13.3. The van der Waals surface area contributed by atoms with Crippen LogP contribution in [0.4, 0.5) is 4.39 Å². The van der Waals surface area contributed by atoms with Crippen molar-refractivity contribution in [2.75, 3.05) is 12.4 Å². The zero-order valence-electron chi connectivity index (χ0n) is 11.4. The highest BCUT2D eigenvalue weighted by atomic mass is 79.9. The molecule has 1 unspecified atom stereocenters. The molecule has 1 rings (SSSR count). The van der Waals surface area contributed by atoms with Crippen molar-refractivity contribution in [3.05, 3.63) is 29.6 Å². The van der Waals surface area contributed by atoms with E-state index in [9.17, 15) is 9.18 Å². The Morgan fingerprint density at radius 2 is 2.21 bits per heavy atom. The quantitative estimate of drug-likeness (QED) is 0.810. The topological polar surface area (TPSA) is 38.3 Å². The Bertz CT molecular complexity index is 453. The average molecular weight is 332 g/mol. The summed E-state index contributed by atoms with van der Waals surface area (Å²) in [6, 6.07) is 4.10. The number of rotatable bonds is 6. The molecule has 0 fully saturated rings. The zero-order valence-corrected chi connectivity index (χ0v) is 13.0. The molecule has 19 heavy (non-hydrogen) atoms. The van der Waals surface area contributed by atoms with Crippen molar-refractivity contribution in [1.82, 2.24) is 5.32 Å². The van der Waals surface area contributed by atoms with Gasteiger partial charge in [-0.2, -0.15) is 0 Å². The molecule has 1 amide bonds. The molecule has 0 spiro atoms. The Balaban J connectivity index is 2.88. The zero-order chi connectivity index (χ0) is 14.5. The van der Waals surface area contributed by atoms with Crippen LogP contribution in [-0.4, -0.2) is 23.9 Å². The van der Waals surface area contributed by atoms with Crippen molar-refractivity contribution in [1.29, 1.82) is 0 Å². The standard InChI is InChI=1S/C14H19BrFNO2/c1-4-14(2,7-8-15)17-13(18)10-5-6-11(16)12(9-10)19-3/h5-6,9H,4,7-8H2,1-3H3,(H,17,18). The summed E-state index contributed by atoms with van der Waals surface area (Å²) in [6.45, 7) is 4.01. The first-order chi connectivity index (χ1) is 8.95. The third-order valence-corrected chi connectivity index (χ3v) is 3.65. The molecule has 1 aromatic rings. The van der Waals surface area contributed by atoms with Crippen molar-refractivity contribution in [2.45, 2.75) is 32.2 Å². The number of nitrogens with one attached hydrogen (secondary N) is 1. The Morgan fingerprint density at radius 1 is 1.53 bits per heavy atom. The van der Waals surface area contributed by atoms with E-state index in [0.717, 1.165) is 18.2 Å². The second kappa shape index (κ2) is 6.89. The lowest BCUT2D eigenvalue weighted by atomic mass is 9.95. The van der Waals surface area contributed by atoms with Crippen molar-refractivity contribution < 1.29 is 13.9 Å². The first-order valence-corrected chi connectivity index (χ1v) is 7.30. The molecule has 1 atom stereocenters. The Labute approximate surface area is 121 Å². The fourth-order valence-corrected chi connectivity index (χ4v) is 2.56. The van der Waals surface area contributed by atoms with Gasteiger partial charge in [0.05, 0.1) is 7.11 Å². The molecule has 0 bridgehead atoms. The number of benzene rings is 1. The van der Waals surface area contributed by atoms with Crippen molar-refractivity contribution in [3.8, 4) is 5.75 Å². The van der Waals surface area contributed by atoms with E-state index in [0.29, 0.717) is 5.56 Å². The monoisotopic (exact) mass is 331 g/mol. The molecule has 1 N–H and O–H groups in total. The molecule has 1 aromatic carbocycles. The van der Waals surface area contributed by atoms with Gasteiger partial charge in [-0.1, -0.05) is 22.9 Å². The van der Waals surface area contributed by atoms with Gasteiger partial charge in [-0.25, -0.2) is 4.39 Å². The molecule has 5 heteroatoms. The van der Waals surface area contributed by atoms with E-state index in [1.165, 1.54) is 25.3 Å². The minimum atomic E-state index is -0.474. The van der Waals surface area contributed by atoms with Gasteiger partial charge in [-0.3, -0.25) is 4.79 Å². The van der Waals surface area contributed by atoms with E-state index in [1.807, 2.05) is 13.8 Å². The number of halogens is 2. The molecule has 0 heterocycles. The Hall–Kier alpha value is -1.10. The Morgan fingerprint density at radius 3 is 2.74 bits per heavy atom. The number of hydrogen-bond acceptors (Lipinski definition) is 2. The van der Waals surface area contributed by atoms with Gasteiger partial charge in [0.25, 0.3) is 5.91 Å². The van der Waals surface area contributed by atoms with E-state index < -0.39 is 5.82 Å². The molecule has 0 aliphatic heterocycles. The molecule has 0 radical (unpaired) electrons. The summed E-state index contributed by atoms with van der Waals surface area (Å²) < 4.78 is 18.2. The highest BCUT2D eigenvalue weighted by molar-refractivity contribution is 9.09. The first-order valence-electron chi connectivity index (χ1n) is 6.17. The number of carbonyl (C=O) groups excluding carboxylic acids is 1. The lowest BCUT2D eigenvalue weighted by Crippen LogP contribution is -2.45. The molecule has 0 aliphatic rings. The van der Waals surface area contributed by atoms with Crippen molar-refractivity contribution in [2.24, 2.45) is 0 Å². The van der Waals surface area contributed by atoms with Crippen LogP contribution in [0.1, 0.15) is 37.0 Å². The normalized spacial score (nSPS) is 13.7. The predicted octanol–water partition coefficient (Wildman–Crippen LogP) is 3.52. The summed E-state index contributed by atoms with van der Waals surface area (Å²) in [5.41, 5.74) is 0.120. The summed E-state index contributed by atoms with van der Waals surface area (Å²) >= 11 is 3.38. The minimum Gasteiger partial charge on any atom is -0.494 e. The Kier molecular flexibility index (Phi) is 5.79. The van der Waals surface area contributed by atoms with Crippen LogP contribution < -0.4 is 10.1 Å². The smallest absolute Gasteiger partial charge is 0.251 e. The van der Waals surface area contributed by atoms with E-state index in [2.05, 4.69) is 21.2 Å². The second-order valence-corrected chi connectivity index (χ2v) is 5.45. The van der Waals surface area contributed by atoms with E-state index in [1.54, 1.807) is 0 Å². The predicted molar refractivity (Wildman–Crippen MR) is 77.5 cm³/mol. The number of carbonyl (C=O) groups is 1. The van der Waals surface area contributed by atoms with E-state index in [-0.39, 0.29) is 17.2 Å². The van der Waals surface area contributed by atoms with Crippen LogP contribution in [0.3, 0.4) is 0 Å². The second-order valence-electron chi connectivity index (χ2n) is 4.66. The van der Waals surface area contributed by atoms with Crippen LogP contribution in [0.5, 0.6) is 5.75 Å². The molecular formula is C14H19BrFNO2. The molecule has 0 saturated carbocycles. The maximum absolute atomic E-state index is 13.3. The summed E-state index contributed by atoms with van der Waals surface area (Å²) in [6.07, 6.45) is 1.65. The molecule has 0 aliphatic carbocycles. The van der Waals surface area contributed by atoms with Crippen molar-refractivity contribution >= 4 is 21.8 Å². The number of alkyl halides is 1. The van der Waals surface area contributed by atoms with Crippen LogP contribution >= 0.6 is 15.9 Å². The highest BCUT2D eigenvalue weighted by Gasteiger charge is 2.24. The third kappa shape index (κ3) is 4.20. The van der Waals surface area contributed by atoms with Crippen LogP contribution in [0.2, 0.25) is 0 Å². The lowest BCUT2D eigenvalue weighted by Gasteiger charge is -2.29. The van der Waals surface area contributed by atoms with Crippen LogP contribution in [0.25, 0.3) is 0 Å². The van der Waals surface area contributed by atoms with E-state index in [4.69, 9.17) is 4.74 Å². The first kappa shape index (κ1) is 16.0. The summed E-state index contributed by atoms with van der Waals surface area (Å²) in [5.74, 6) is -0.618. The van der Waals surface area contributed by atoms with Gasteiger partial charge in [0.15, 0.2) is 11.6 Å². The molecule has 0 aromatic heterocycles.